The van der Waals surface area contributed by atoms with Gasteiger partial charge in [-0.3, -0.25) is 4.79 Å². The molecule has 1 aliphatic heterocycles. The summed E-state index contributed by atoms with van der Waals surface area (Å²) in [5.41, 5.74) is 0.574. The highest BCUT2D eigenvalue weighted by molar-refractivity contribution is 7.89. The van der Waals surface area contributed by atoms with E-state index < -0.39 is 10.0 Å². The highest BCUT2D eigenvalue weighted by Gasteiger charge is 2.31. The SMILES string of the molecule is CCCS(=O)(=O)N1CCC[C@H](C(=O)Nc2ccc(OC(C)C)c(Cl)c2)C1. The van der Waals surface area contributed by atoms with Crippen LogP contribution in [0.4, 0.5) is 5.69 Å². The zero-order valence-electron chi connectivity index (χ0n) is 15.5. The molecule has 0 aromatic heterocycles. The van der Waals surface area contributed by atoms with Crippen molar-refractivity contribution in [2.75, 3.05) is 24.2 Å². The number of halogens is 1. The Morgan fingerprint density at radius 3 is 2.77 bits per heavy atom. The van der Waals surface area contributed by atoms with Gasteiger partial charge in [-0.05, 0) is 51.3 Å². The topological polar surface area (TPSA) is 75.7 Å². The molecular formula is C18H27ClN2O4S. The first-order chi connectivity index (χ1) is 12.2. The lowest BCUT2D eigenvalue weighted by Gasteiger charge is -2.31. The number of anilines is 1. The molecule has 8 heteroatoms. The molecule has 6 nitrogen and oxygen atoms in total. The minimum absolute atomic E-state index is 0.00577. The number of carbonyl (C=O) groups is 1. The first kappa shape index (κ1) is 21.0. The van der Waals surface area contributed by atoms with Crippen LogP contribution in [0.25, 0.3) is 0 Å². The summed E-state index contributed by atoms with van der Waals surface area (Å²) in [5.74, 6) is 0.138. The van der Waals surface area contributed by atoms with Gasteiger partial charge in [0.25, 0.3) is 0 Å². The van der Waals surface area contributed by atoms with E-state index in [9.17, 15) is 13.2 Å². The van der Waals surface area contributed by atoms with E-state index in [0.29, 0.717) is 42.3 Å². The minimum Gasteiger partial charge on any atom is -0.489 e. The van der Waals surface area contributed by atoms with Crippen LogP contribution in [-0.2, 0) is 14.8 Å². The third-order valence-electron chi connectivity index (χ3n) is 4.17. The van der Waals surface area contributed by atoms with Crippen molar-refractivity contribution in [2.24, 2.45) is 5.92 Å². The smallest absolute Gasteiger partial charge is 0.228 e. The predicted octanol–water partition coefficient (Wildman–Crippen LogP) is 3.52. The molecule has 1 saturated heterocycles. The molecule has 2 rings (SSSR count). The van der Waals surface area contributed by atoms with Gasteiger partial charge in [0.2, 0.25) is 15.9 Å². The summed E-state index contributed by atoms with van der Waals surface area (Å²) in [6.07, 6.45) is 1.93. The molecule has 1 fully saturated rings. The molecule has 1 aliphatic rings. The molecule has 1 N–H and O–H groups in total. The Kier molecular flexibility index (Phi) is 7.32. The fraction of sp³-hybridized carbons (Fsp3) is 0.611. The first-order valence-corrected chi connectivity index (χ1v) is 11.0. The maximum Gasteiger partial charge on any atom is 0.228 e. The quantitative estimate of drug-likeness (QED) is 0.757. The number of nitrogens with zero attached hydrogens (tertiary/aromatic N) is 1. The zero-order chi connectivity index (χ0) is 19.3. The molecule has 0 saturated carbocycles. The predicted molar refractivity (Wildman–Crippen MR) is 104 cm³/mol. The largest absolute Gasteiger partial charge is 0.489 e. The molecular weight excluding hydrogens is 376 g/mol. The Bertz CT molecular complexity index is 737. The lowest BCUT2D eigenvalue weighted by Crippen LogP contribution is -2.44. The summed E-state index contributed by atoms with van der Waals surface area (Å²) in [5, 5.41) is 3.26. The van der Waals surface area contributed by atoms with Crippen molar-refractivity contribution >= 4 is 33.2 Å². The van der Waals surface area contributed by atoms with Crippen molar-refractivity contribution in [3.63, 3.8) is 0 Å². The van der Waals surface area contributed by atoms with E-state index >= 15 is 0 Å². The van der Waals surface area contributed by atoms with E-state index in [4.69, 9.17) is 16.3 Å². The molecule has 1 aromatic carbocycles. The number of rotatable bonds is 7. The number of nitrogens with one attached hydrogen (secondary N) is 1. The molecule has 1 atom stereocenters. The highest BCUT2D eigenvalue weighted by atomic mass is 35.5. The fourth-order valence-electron chi connectivity index (χ4n) is 2.97. The molecule has 1 amide bonds. The van der Waals surface area contributed by atoms with Gasteiger partial charge in [0.1, 0.15) is 5.75 Å². The van der Waals surface area contributed by atoms with Gasteiger partial charge in [0, 0.05) is 18.8 Å². The summed E-state index contributed by atoms with van der Waals surface area (Å²) >= 11 is 6.20. The van der Waals surface area contributed by atoms with Crippen LogP contribution in [0, 0.1) is 5.92 Å². The van der Waals surface area contributed by atoms with Gasteiger partial charge in [0.05, 0.1) is 22.8 Å². The van der Waals surface area contributed by atoms with Crippen molar-refractivity contribution < 1.29 is 17.9 Å². The second-order valence-electron chi connectivity index (χ2n) is 6.81. The Balaban J connectivity index is 2.02. The van der Waals surface area contributed by atoms with Crippen LogP contribution in [0.1, 0.15) is 40.0 Å². The molecule has 0 spiro atoms. The van der Waals surface area contributed by atoms with Crippen molar-refractivity contribution in [3.8, 4) is 5.75 Å². The third-order valence-corrected chi connectivity index (χ3v) is 6.51. The number of amides is 1. The van der Waals surface area contributed by atoms with Crippen LogP contribution in [0.2, 0.25) is 5.02 Å². The molecule has 26 heavy (non-hydrogen) atoms. The summed E-state index contributed by atoms with van der Waals surface area (Å²) in [7, 11) is -3.28. The van der Waals surface area contributed by atoms with Crippen LogP contribution in [-0.4, -0.2) is 43.6 Å². The maximum atomic E-state index is 12.6. The number of sulfonamides is 1. The number of hydrogen-bond acceptors (Lipinski definition) is 4. The first-order valence-electron chi connectivity index (χ1n) is 8.97. The lowest BCUT2D eigenvalue weighted by molar-refractivity contribution is -0.120. The molecule has 1 aromatic rings. The highest BCUT2D eigenvalue weighted by Crippen LogP contribution is 2.29. The Morgan fingerprint density at radius 1 is 1.42 bits per heavy atom. The minimum atomic E-state index is -3.28. The van der Waals surface area contributed by atoms with Crippen LogP contribution >= 0.6 is 11.6 Å². The zero-order valence-corrected chi connectivity index (χ0v) is 17.1. The van der Waals surface area contributed by atoms with Crippen LogP contribution in [0.5, 0.6) is 5.75 Å². The molecule has 146 valence electrons. The van der Waals surface area contributed by atoms with Gasteiger partial charge in [-0.1, -0.05) is 18.5 Å². The van der Waals surface area contributed by atoms with Crippen LogP contribution in [0.3, 0.4) is 0 Å². The van der Waals surface area contributed by atoms with Crippen LogP contribution in [0.15, 0.2) is 18.2 Å². The monoisotopic (exact) mass is 402 g/mol. The van der Waals surface area contributed by atoms with Crippen molar-refractivity contribution in [2.45, 2.75) is 46.1 Å². The molecule has 0 bridgehead atoms. The number of carbonyl (C=O) groups excluding carboxylic acids is 1. The van der Waals surface area contributed by atoms with E-state index in [1.807, 2.05) is 20.8 Å². The number of piperidine rings is 1. The molecule has 1 heterocycles. The molecule has 0 aliphatic carbocycles. The number of benzene rings is 1. The summed E-state index contributed by atoms with van der Waals surface area (Å²) < 4.78 is 31.5. The van der Waals surface area contributed by atoms with Crippen molar-refractivity contribution in [3.05, 3.63) is 23.2 Å². The second kappa shape index (κ2) is 9.06. The fourth-order valence-corrected chi connectivity index (χ4v) is 4.78. The summed E-state index contributed by atoms with van der Waals surface area (Å²) in [6.45, 7) is 6.37. The van der Waals surface area contributed by atoms with E-state index in [-0.39, 0.29) is 30.2 Å². The van der Waals surface area contributed by atoms with E-state index in [0.717, 1.165) is 0 Å². The lowest BCUT2D eigenvalue weighted by atomic mass is 9.98. The van der Waals surface area contributed by atoms with E-state index in [1.54, 1.807) is 18.2 Å². The number of ether oxygens (including phenoxy) is 1. The Hall–Kier alpha value is -1.31. The van der Waals surface area contributed by atoms with E-state index in [1.165, 1.54) is 4.31 Å². The van der Waals surface area contributed by atoms with Gasteiger partial charge < -0.3 is 10.1 Å². The van der Waals surface area contributed by atoms with Crippen molar-refractivity contribution in [1.82, 2.24) is 4.31 Å². The summed E-state index contributed by atoms with van der Waals surface area (Å²) in [6, 6.07) is 5.10. The molecule has 0 unspecified atom stereocenters. The number of hydrogen-bond donors (Lipinski definition) is 1. The molecule has 0 radical (unpaired) electrons. The van der Waals surface area contributed by atoms with Gasteiger partial charge in [0.15, 0.2) is 0 Å². The second-order valence-corrected chi connectivity index (χ2v) is 9.31. The average Bonchev–Trinajstić information content (AvgIpc) is 2.57. The summed E-state index contributed by atoms with van der Waals surface area (Å²) in [4.78, 5) is 12.6. The van der Waals surface area contributed by atoms with Gasteiger partial charge in [-0.15, -0.1) is 0 Å². The van der Waals surface area contributed by atoms with Crippen molar-refractivity contribution in [1.29, 1.82) is 0 Å². The maximum absolute atomic E-state index is 12.6. The van der Waals surface area contributed by atoms with E-state index in [2.05, 4.69) is 5.32 Å². The average molecular weight is 403 g/mol. The van der Waals surface area contributed by atoms with Gasteiger partial charge >= 0.3 is 0 Å². The standard InChI is InChI=1S/C18H27ClN2O4S/c1-4-10-26(23,24)21-9-5-6-14(12-21)18(22)20-15-7-8-17(16(19)11-15)25-13(2)3/h7-8,11,13-14H,4-6,9-10,12H2,1-3H3,(H,20,22)/t14-/m0/s1. The Morgan fingerprint density at radius 2 is 2.15 bits per heavy atom. The van der Waals surface area contributed by atoms with Crippen LogP contribution < -0.4 is 10.1 Å². The third kappa shape index (κ3) is 5.59. The Labute approximate surface area is 160 Å². The normalized spacial score (nSPS) is 18.7. The van der Waals surface area contributed by atoms with Gasteiger partial charge in [-0.2, -0.15) is 0 Å². The van der Waals surface area contributed by atoms with Gasteiger partial charge in [-0.25, -0.2) is 12.7 Å².